The van der Waals surface area contributed by atoms with E-state index in [9.17, 15) is 14.0 Å². The predicted octanol–water partition coefficient (Wildman–Crippen LogP) is 3.78. The van der Waals surface area contributed by atoms with Crippen LogP contribution in [-0.4, -0.2) is 40.0 Å². The van der Waals surface area contributed by atoms with E-state index in [1.807, 2.05) is 30.3 Å². The van der Waals surface area contributed by atoms with Crippen LogP contribution in [0.1, 0.15) is 27.7 Å². The van der Waals surface area contributed by atoms with E-state index in [1.165, 1.54) is 35.6 Å². The molecule has 0 spiro atoms. The van der Waals surface area contributed by atoms with Crippen LogP contribution < -0.4 is 10.6 Å². The first-order valence-corrected chi connectivity index (χ1v) is 10.9. The van der Waals surface area contributed by atoms with Crippen LogP contribution in [0.25, 0.3) is 0 Å². The van der Waals surface area contributed by atoms with E-state index in [0.717, 1.165) is 25.1 Å². The quantitative estimate of drug-likeness (QED) is 0.610. The van der Waals surface area contributed by atoms with E-state index in [1.54, 1.807) is 0 Å². The fourth-order valence-electron chi connectivity index (χ4n) is 3.50. The molecule has 1 fully saturated rings. The van der Waals surface area contributed by atoms with Crippen molar-refractivity contribution in [2.75, 3.05) is 23.7 Å². The number of nitrogens with zero attached hydrogens (tertiary/aromatic N) is 3. The molecule has 2 heterocycles. The molecule has 1 aromatic heterocycles. The zero-order valence-corrected chi connectivity index (χ0v) is 17.6. The van der Waals surface area contributed by atoms with Crippen molar-refractivity contribution in [3.05, 3.63) is 70.4 Å². The van der Waals surface area contributed by atoms with Gasteiger partial charge in [-0.2, -0.15) is 0 Å². The molecule has 0 saturated carbocycles. The number of para-hydroxylation sites is 1. The van der Waals surface area contributed by atoms with E-state index in [0.29, 0.717) is 23.8 Å². The van der Waals surface area contributed by atoms with Gasteiger partial charge >= 0.3 is 0 Å². The summed E-state index contributed by atoms with van der Waals surface area (Å²) in [6.45, 7) is 2.04. The van der Waals surface area contributed by atoms with Gasteiger partial charge in [0.25, 0.3) is 5.91 Å². The number of rotatable bonds is 6. The smallest absolute Gasteiger partial charge is 0.286 e. The lowest BCUT2D eigenvalue weighted by atomic mass is 9.97. The average Bonchev–Trinajstić information content (AvgIpc) is 3.25. The molecule has 160 valence electrons. The molecule has 7 nitrogen and oxygen atoms in total. The molecule has 2 aromatic carbocycles. The van der Waals surface area contributed by atoms with Crippen LogP contribution in [0.4, 0.5) is 15.8 Å². The molecule has 3 aromatic rings. The van der Waals surface area contributed by atoms with E-state index < -0.39 is 0 Å². The lowest BCUT2D eigenvalue weighted by Crippen LogP contribution is -2.40. The van der Waals surface area contributed by atoms with Gasteiger partial charge in [-0.25, -0.2) is 4.39 Å². The maximum absolute atomic E-state index is 13.0. The number of amides is 2. The van der Waals surface area contributed by atoms with E-state index >= 15 is 0 Å². The number of carbonyl (C=O) groups is 2. The number of hydrogen-bond donors (Lipinski definition) is 2. The van der Waals surface area contributed by atoms with Gasteiger partial charge in [-0.3, -0.25) is 14.5 Å². The Morgan fingerprint density at radius 3 is 2.55 bits per heavy atom. The van der Waals surface area contributed by atoms with Crippen molar-refractivity contribution in [3.63, 3.8) is 0 Å². The monoisotopic (exact) mass is 439 g/mol. The Morgan fingerprint density at radius 1 is 1.03 bits per heavy atom. The summed E-state index contributed by atoms with van der Waals surface area (Å²) < 4.78 is 13.0. The number of aromatic nitrogens is 2. The Hall–Kier alpha value is -3.17. The second kappa shape index (κ2) is 9.76. The van der Waals surface area contributed by atoms with Gasteiger partial charge in [0.15, 0.2) is 0 Å². The standard InChI is InChI=1S/C22H22FN5O2S/c23-16-8-10-18(11-9-16)25-21(30)22-27-26-19(31-22)14-28-12-4-5-15(13-28)20(29)24-17-6-2-1-3-7-17/h1-3,6-11,15H,4-5,12-14H2,(H,24,29)(H,25,30)/t15-/m1/s1. The third kappa shape index (κ3) is 5.71. The number of halogens is 1. The summed E-state index contributed by atoms with van der Waals surface area (Å²) in [7, 11) is 0. The molecular weight excluding hydrogens is 417 g/mol. The molecule has 4 rings (SSSR count). The molecule has 0 radical (unpaired) electrons. The van der Waals surface area contributed by atoms with Crippen LogP contribution in [0.2, 0.25) is 0 Å². The molecule has 1 aliphatic heterocycles. The van der Waals surface area contributed by atoms with Gasteiger partial charge in [0.1, 0.15) is 10.8 Å². The Bertz CT molecular complexity index is 1040. The molecule has 2 N–H and O–H groups in total. The van der Waals surface area contributed by atoms with Crippen LogP contribution in [0.5, 0.6) is 0 Å². The SMILES string of the molecule is O=C(Nc1ccc(F)cc1)c1nnc(CN2CCC[C@@H](C(=O)Nc3ccccc3)C2)s1. The highest BCUT2D eigenvalue weighted by atomic mass is 32.1. The van der Waals surface area contributed by atoms with Gasteiger partial charge < -0.3 is 10.6 Å². The number of hydrogen-bond acceptors (Lipinski definition) is 6. The maximum Gasteiger partial charge on any atom is 0.286 e. The van der Waals surface area contributed by atoms with Crippen LogP contribution in [0, 0.1) is 11.7 Å². The number of piperidine rings is 1. The van der Waals surface area contributed by atoms with E-state index in [2.05, 4.69) is 25.7 Å². The second-order valence-corrected chi connectivity index (χ2v) is 8.45. The molecular formula is C22H22FN5O2S. The van der Waals surface area contributed by atoms with Gasteiger partial charge in [-0.05, 0) is 55.8 Å². The Morgan fingerprint density at radius 2 is 1.77 bits per heavy atom. The Kier molecular flexibility index (Phi) is 6.63. The zero-order valence-electron chi connectivity index (χ0n) is 16.8. The minimum absolute atomic E-state index is 0.0209. The van der Waals surface area contributed by atoms with Crippen LogP contribution in [0.15, 0.2) is 54.6 Å². The number of likely N-dealkylation sites (tertiary alicyclic amines) is 1. The minimum Gasteiger partial charge on any atom is -0.326 e. The lowest BCUT2D eigenvalue weighted by molar-refractivity contribution is -0.121. The first-order chi connectivity index (χ1) is 15.1. The highest BCUT2D eigenvalue weighted by molar-refractivity contribution is 7.13. The van der Waals surface area contributed by atoms with E-state index in [4.69, 9.17) is 0 Å². The van der Waals surface area contributed by atoms with E-state index in [-0.39, 0.29) is 28.6 Å². The Balaban J connectivity index is 1.32. The van der Waals surface area contributed by atoms with Gasteiger partial charge in [0.2, 0.25) is 10.9 Å². The van der Waals surface area contributed by atoms with Crippen molar-refractivity contribution in [1.82, 2.24) is 15.1 Å². The second-order valence-electron chi connectivity index (χ2n) is 7.39. The third-order valence-corrected chi connectivity index (χ3v) is 5.95. The molecule has 0 aliphatic carbocycles. The molecule has 0 bridgehead atoms. The van der Waals surface area contributed by atoms with Gasteiger partial charge in [0.05, 0.1) is 12.5 Å². The van der Waals surface area contributed by atoms with Crippen molar-refractivity contribution in [2.24, 2.45) is 5.92 Å². The fraction of sp³-hybridized carbons (Fsp3) is 0.273. The summed E-state index contributed by atoms with van der Waals surface area (Å²) in [6.07, 6.45) is 1.76. The molecule has 1 atom stereocenters. The summed E-state index contributed by atoms with van der Waals surface area (Å²) in [4.78, 5) is 27.1. The maximum atomic E-state index is 13.0. The lowest BCUT2D eigenvalue weighted by Gasteiger charge is -2.31. The van der Waals surface area contributed by atoms with Gasteiger partial charge in [0, 0.05) is 17.9 Å². The molecule has 0 unspecified atom stereocenters. The molecule has 31 heavy (non-hydrogen) atoms. The average molecular weight is 440 g/mol. The van der Waals surface area contributed by atoms with Crippen LogP contribution >= 0.6 is 11.3 Å². The first kappa shape index (κ1) is 21.1. The topological polar surface area (TPSA) is 87.2 Å². The summed E-state index contributed by atoms with van der Waals surface area (Å²) in [6, 6.07) is 15.0. The molecule has 1 saturated heterocycles. The summed E-state index contributed by atoms with van der Waals surface area (Å²) >= 11 is 1.22. The van der Waals surface area contributed by atoms with Crippen LogP contribution in [0.3, 0.4) is 0 Å². The third-order valence-electron chi connectivity index (χ3n) is 5.04. The number of nitrogens with one attached hydrogen (secondary N) is 2. The number of anilines is 2. The summed E-state index contributed by atoms with van der Waals surface area (Å²) in [5.74, 6) is -0.821. The largest absolute Gasteiger partial charge is 0.326 e. The number of benzene rings is 2. The Labute approximate surface area is 183 Å². The highest BCUT2D eigenvalue weighted by Crippen LogP contribution is 2.22. The summed E-state index contributed by atoms with van der Waals surface area (Å²) in [5.41, 5.74) is 1.29. The molecule has 1 aliphatic rings. The van der Waals surface area contributed by atoms with Gasteiger partial charge in [-0.15, -0.1) is 10.2 Å². The van der Waals surface area contributed by atoms with Crippen LogP contribution in [-0.2, 0) is 11.3 Å². The minimum atomic E-state index is -0.380. The van der Waals surface area contributed by atoms with Crippen molar-refractivity contribution < 1.29 is 14.0 Å². The predicted molar refractivity (Wildman–Crippen MR) is 117 cm³/mol. The van der Waals surface area contributed by atoms with Crippen molar-refractivity contribution in [1.29, 1.82) is 0 Å². The van der Waals surface area contributed by atoms with Gasteiger partial charge in [-0.1, -0.05) is 29.5 Å². The van der Waals surface area contributed by atoms with Crippen molar-refractivity contribution in [3.8, 4) is 0 Å². The molecule has 9 heteroatoms. The summed E-state index contributed by atoms with van der Waals surface area (Å²) in [5, 5.41) is 14.7. The normalized spacial score (nSPS) is 16.6. The highest BCUT2D eigenvalue weighted by Gasteiger charge is 2.27. The molecule has 2 amide bonds. The van der Waals surface area contributed by atoms with Crippen molar-refractivity contribution in [2.45, 2.75) is 19.4 Å². The van der Waals surface area contributed by atoms with Crippen molar-refractivity contribution >= 4 is 34.5 Å². The first-order valence-electron chi connectivity index (χ1n) is 10.0. The fourth-order valence-corrected chi connectivity index (χ4v) is 4.27. The number of carbonyl (C=O) groups excluding carboxylic acids is 2. The zero-order chi connectivity index (χ0) is 21.6.